The third-order valence-electron chi connectivity index (χ3n) is 4.31. The molecule has 3 rings (SSSR count). The summed E-state index contributed by atoms with van der Waals surface area (Å²) in [6.07, 6.45) is 7.64. The molecule has 1 saturated heterocycles. The topological polar surface area (TPSA) is 56.0 Å². The van der Waals surface area contributed by atoms with Gasteiger partial charge in [-0.2, -0.15) is 5.10 Å². The van der Waals surface area contributed by atoms with Gasteiger partial charge in [-0.15, -0.1) is 0 Å². The molecule has 0 N–H and O–H groups in total. The lowest BCUT2D eigenvalue weighted by molar-refractivity contribution is 0.0703. The lowest BCUT2D eigenvalue weighted by Gasteiger charge is -2.32. The van der Waals surface area contributed by atoms with Crippen LogP contribution in [0.5, 0.6) is 0 Å². The van der Waals surface area contributed by atoms with E-state index in [0.717, 1.165) is 44.0 Å². The molecule has 118 valence electrons. The predicted octanol–water partition coefficient (Wildman–Crippen LogP) is 1.96. The first-order valence-electron chi connectivity index (χ1n) is 7.90. The zero-order chi connectivity index (χ0) is 15.7. The average molecular weight is 301 g/mol. The van der Waals surface area contributed by atoms with E-state index in [-0.39, 0.29) is 5.91 Å². The first-order valence-corrected chi connectivity index (χ1v) is 7.90. The van der Waals surface area contributed by atoms with Crippen molar-refractivity contribution in [2.24, 2.45) is 7.05 Å². The van der Waals surface area contributed by atoms with Crippen molar-refractivity contribution in [3.8, 4) is 0 Å². The molecule has 0 bridgehead atoms. The van der Waals surface area contributed by atoms with E-state index < -0.39 is 0 Å². The van der Waals surface area contributed by atoms with Crippen molar-refractivity contribution in [3.05, 3.63) is 35.7 Å². The third kappa shape index (κ3) is 2.77. The fourth-order valence-corrected chi connectivity index (χ4v) is 3.22. The van der Waals surface area contributed by atoms with Gasteiger partial charge in [-0.3, -0.25) is 9.48 Å². The van der Waals surface area contributed by atoms with Crippen LogP contribution in [0.3, 0.4) is 0 Å². The second-order valence-electron chi connectivity index (χ2n) is 6.03. The molecule has 1 aliphatic rings. The summed E-state index contributed by atoms with van der Waals surface area (Å²) in [5.41, 5.74) is 1.71. The highest BCUT2D eigenvalue weighted by Crippen LogP contribution is 2.27. The average Bonchev–Trinajstić information content (AvgIpc) is 3.13. The second kappa shape index (κ2) is 5.94. The maximum Gasteiger partial charge on any atom is 0.257 e. The molecule has 0 aliphatic carbocycles. The monoisotopic (exact) mass is 301 g/mol. The largest absolute Gasteiger partial charge is 0.338 e. The smallest absolute Gasteiger partial charge is 0.257 e. The minimum absolute atomic E-state index is 0.0790. The molecule has 0 aromatic carbocycles. The van der Waals surface area contributed by atoms with Gasteiger partial charge in [0, 0.05) is 45.0 Å². The van der Waals surface area contributed by atoms with Crippen LogP contribution >= 0.6 is 0 Å². The standard InChI is InChI=1S/C16H23N5O/c1-4-21-11-14(8-17-21)16(22)20-7-5-6-13(10-20)15-18-12(2)9-19(15)3/h8-9,11,13H,4-7,10H2,1-3H3/t13-/m1/s1. The molecule has 0 saturated carbocycles. The number of carbonyl (C=O) groups excluding carboxylic acids is 1. The summed E-state index contributed by atoms with van der Waals surface area (Å²) in [7, 11) is 2.03. The van der Waals surface area contributed by atoms with Crippen LogP contribution in [-0.4, -0.2) is 43.2 Å². The van der Waals surface area contributed by atoms with Gasteiger partial charge in [0.2, 0.25) is 0 Å². The van der Waals surface area contributed by atoms with Gasteiger partial charge in [-0.25, -0.2) is 4.98 Å². The highest BCUT2D eigenvalue weighted by molar-refractivity contribution is 5.93. The number of rotatable bonds is 3. The van der Waals surface area contributed by atoms with E-state index in [1.165, 1.54) is 0 Å². The van der Waals surface area contributed by atoms with Crippen LogP contribution in [0.15, 0.2) is 18.6 Å². The number of piperidine rings is 1. The molecule has 2 aromatic rings. The number of imidazole rings is 1. The lowest BCUT2D eigenvalue weighted by atomic mass is 9.96. The summed E-state index contributed by atoms with van der Waals surface area (Å²) in [5, 5.41) is 4.20. The van der Waals surface area contributed by atoms with E-state index in [1.807, 2.05) is 38.2 Å². The van der Waals surface area contributed by atoms with Crippen LogP contribution < -0.4 is 0 Å². The molecule has 6 heteroatoms. The molecule has 22 heavy (non-hydrogen) atoms. The Morgan fingerprint density at radius 2 is 2.23 bits per heavy atom. The number of nitrogens with zero attached hydrogens (tertiary/aromatic N) is 5. The van der Waals surface area contributed by atoms with E-state index in [2.05, 4.69) is 14.6 Å². The van der Waals surface area contributed by atoms with E-state index in [1.54, 1.807) is 10.9 Å². The van der Waals surface area contributed by atoms with Gasteiger partial charge < -0.3 is 9.47 Å². The van der Waals surface area contributed by atoms with Gasteiger partial charge in [0.1, 0.15) is 5.82 Å². The minimum atomic E-state index is 0.0790. The number of hydrogen-bond acceptors (Lipinski definition) is 3. The fraction of sp³-hybridized carbons (Fsp3) is 0.562. The molecular weight excluding hydrogens is 278 g/mol. The van der Waals surface area contributed by atoms with Gasteiger partial charge in [-0.1, -0.05) is 0 Å². The Labute approximate surface area is 130 Å². The van der Waals surface area contributed by atoms with Crippen LogP contribution in [-0.2, 0) is 13.6 Å². The molecule has 2 aromatic heterocycles. The summed E-state index contributed by atoms with van der Waals surface area (Å²) in [4.78, 5) is 19.2. The Morgan fingerprint density at radius 3 is 2.86 bits per heavy atom. The number of aromatic nitrogens is 4. The molecule has 0 radical (unpaired) electrons. The van der Waals surface area contributed by atoms with E-state index in [9.17, 15) is 4.79 Å². The normalized spacial score (nSPS) is 18.7. The van der Waals surface area contributed by atoms with Crippen molar-refractivity contribution < 1.29 is 4.79 Å². The van der Waals surface area contributed by atoms with E-state index in [0.29, 0.717) is 11.5 Å². The van der Waals surface area contributed by atoms with Crippen LogP contribution in [0.4, 0.5) is 0 Å². The predicted molar refractivity (Wildman–Crippen MR) is 83.7 cm³/mol. The molecule has 0 unspecified atom stereocenters. The van der Waals surface area contributed by atoms with Crippen molar-refractivity contribution in [1.29, 1.82) is 0 Å². The molecule has 1 fully saturated rings. The van der Waals surface area contributed by atoms with Crippen molar-refractivity contribution >= 4 is 5.91 Å². The third-order valence-corrected chi connectivity index (χ3v) is 4.31. The van der Waals surface area contributed by atoms with Gasteiger partial charge >= 0.3 is 0 Å². The SMILES string of the molecule is CCn1cc(C(=O)N2CCC[C@@H](c3nc(C)cn3C)C2)cn1. The summed E-state index contributed by atoms with van der Waals surface area (Å²) >= 11 is 0. The summed E-state index contributed by atoms with van der Waals surface area (Å²) in [5.74, 6) is 1.48. The molecule has 1 aliphatic heterocycles. The molecule has 0 spiro atoms. The van der Waals surface area contributed by atoms with Gasteiger partial charge in [0.25, 0.3) is 5.91 Å². The zero-order valence-electron chi connectivity index (χ0n) is 13.5. The van der Waals surface area contributed by atoms with Crippen molar-refractivity contribution in [2.75, 3.05) is 13.1 Å². The Hall–Kier alpha value is -2.11. The maximum atomic E-state index is 12.6. The Bertz CT molecular complexity index is 672. The number of hydrogen-bond donors (Lipinski definition) is 0. The molecule has 3 heterocycles. The summed E-state index contributed by atoms with van der Waals surface area (Å²) < 4.78 is 3.87. The zero-order valence-corrected chi connectivity index (χ0v) is 13.5. The van der Waals surface area contributed by atoms with Crippen molar-refractivity contribution in [1.82, 2.24) is 24.2 Å². The second-order valence-corrected chi connectivity index (χ2v) is 6.03. The van der Waals surface area contributed by atoms with Crippen LogP contribution in [0, 0.1) is 6.92 Å². The highest BCUT2D eigenvalue weighted by atomic mass is 16.2. The van der Waals surface area contributed by atoms with Gasteiger partial charge in [0.05, 0.1) is 17.5 Å². The first kappa shape index (κ1) is 14.8. The molecule has 1 atom stereocenters. The van der Waals surface area contributed by atoms with Crippen LogP contribution in [0.1, 0.15) is 47.6 Å². The van der Waals surface area contributed by atoms with Crippen LogP contribution in [0.25, 0.3) is 0 Å². The molecule has 1 amide bonds. The first-order chi connectivity index (χ1) is 10.6. The van der Waals surface area contributed by atoms with Crippen LogP contribution in [0.2, 0.25) is 0 Å². The summed E-state index contributed by atoms with van der Waals surface area (Å²) in [6, 6.07) is 0. The fourth-order valence-electron chi connectivity index (χ4n) is 3.22. The molecule has 6 nitrogen and oxygen atoms in total. The number of carbonyl (C=O) groups is 1. The summed E-state index contributed by atoms with van der Waals surface area (Å²) in [6.45, 7) is 6.36. The van der Waals surface area contributed by atoms with Gasteiger partial charge in [0.15, 0.2) is 0 Å². The minimum Gasteiger partial charge on any atom is -0.338 e. The van der Waals surface area contributed by atoms with Crippen molar-refractivity contribution in [2.45, 2.75) is 39.2 Å². The lowest BCUT2D eigenvalue weighted by Crippen LogP contribution is -2.39. The number of amides is 1. The van der Waals surface area contributed by atoms with Crippen molar-refractivity contribution in [3.63, 3.8) is 0 Å². The Kier molecular flexibility index (Phi) is 4.00. The number of aryl methyl sites for hydroxylation is 3. The molecular formula is C16H23N5O. The van der Waals surface area contributed by atoms with E-state index >= 15 is 0 Å². The Morgan fingerprint density at radius 1 is 1.41 bits per heavy atom. The number of likely N-dealkylation sites (tertiary alicyclic amines) is 1. The van der Waals surface area contributed by atoms with E-state index in [4.69, 9.17) is 0 Å². The highest BCUT2D eigenvalue weighted by Gasteiger charge is 2.28. The maximum absolute atomic E-state index is 12.6. The van der Waals surface area contributed by atoms with Gasteiger partial charge in [-0.05, 0) is 26.7 Å². The Balaban J connectivity index is 1.75. The quantitative estimate of drug-likeness (QED) is 0.871.